The highest BCUT2D eigenvalue weighted by Crippen LogP contribution is 2.16. The largest absolute Gasteiger partial charge is 0.497 e. The molecule has 0 bridgehead atoms. The normalized spacial score (nSPS) is 10.0. The average molecular weight is 266 g/mol. The SMILES string of the molecule is CCCCOCCNC(=O)Nc1cccc(OC)c1. The van der Waals surface area contributed by atoms with Crippen LogP contribution in [-0.2, 0) is 4.74 Å². The van der Waals surface area contributed by atoms with Crippen molar-refractivity contribution in [1.29, 1.82) is 0 Å². The maximum atomic E-state index is 11.6. The Bertz CT molecular complexity index is 383. The zero-order valence-electron chi connectivity index (χ0n) is 11.6. The van der Waals surface area contributed by atoms with Gasteiger partial charge in [-0.2, -0.15) is 0 Å². The van der Waals surface area contributed by atoms with Crippen molar-refractivity contribution in [3.8, 4) is 5.75 Å². The molecule has 5 heteroatoms. The van der Waals surface area contributed by atoms with Crippen LogP contribution in [0.3, 0.4) is 0 Å². The Morgan fingerprint density at radius 2 is 2.16 bits per heavy atom. The van der Waals surface area contributed by atoms with Crippen LogP contribution in [0.15, 0.2) is 24.3 Å². The van der Waals surface area contributed by atoms with E-state index in [4.69, 9.17) is 9.47 Å². The molecule has 2 N–H and O–H groups in total. The summed E-state index contributed by atoms with van der Waals surface area (Å²) in [6, 6.07) is 6.97. The van der Waals surface area contributed by atoms with E-state index in [1.165, 1.54) is 0 Å². The molecular weight excluding hydrogens is 244 g/mol. The van der Waals surface area contributed by atoms with Crippen LogP contribution >= 0.6 is 0 Å². The molecule has 0 saturated heterocycles. The molecule has 1 rings (SSSR count). The van der Waals surface area contributed by atoms with E-state index in [2.05, 4.69) is 17.6 Å². The van der Waals surface area contributed by atoms with Gasteiger partial charge < -0.3 is 20.1 Å². The zero-order valence-corrected chi connectivity index (χ0v) is 11.6. The molecule has 0 radical (unpaired) electrons. The zero-order chi connectivity index (χ0) is 13.9. The molecule has 0 aromatic heterocycles. The van der Waals surface area contributed by atoms with E-state index in [-0.39, 0.29) is 6.03 Å². The summed E-state index contributed by atoms with van der Waals surface area (Å²) in [6.45, 7) is 3.89. The lowest BCUT2D eigenvalue weighted by Crippen LogP contribution is -2.31. The van der Waals surface area contributed by atoms with Crippen LogP contribution < -0.4 is 15.4 Å². The average Bonchev–Trinajstić information content (AvgIpc) is 2.43. The molecule has 0 aliphatic carbocycles. The number of amides is 2. The van der Waals surface area contributed by atoms with Crippen LogP contribution in [0.5, 0.6) is 5.75 Å². The van der Waals surface area contributed by atoms with Crippen LogP contribution in [0.1, 0.15) is 19.8 Å². The number of urea groups is 1. The van der Waals surface area contributed by atoms with Crippen LogP contribution in [0.25, 0.3) is 0 Å². The lowest BCUT2D eigenvalue weighted by molar-refractivity contribution is 0.134. The van der Waals surface area contributed by atoms with Gasteiger partial charge in [0.25, 0.3) is 0 Å². The van der Waals surface area contributed by atoms with Gasteiger partial charge in [0.05, 0.1) is 13.7 Å². The molecule has 1 aromatic rings. The smallest absolute Gasteiger partial charge is 0.319 e. The van der Waals surface area contributed by atoms with Gasteiger partial charge in [-0.25, -0.2) is 4.79 Å². The standard InChI is InChI=1S/C14H22N2O3/c1-3-4-9-19-10-8-15-14(17)16-12-6-5-7-13(11-12)18-2/h5-7,11H,3-4,8-10H2,1-2H3,(H2,15,16,17). The third kappa shape index (κ3) is 6.67. The van der Waals surface area contributed by atoms with Crippen molar-refractivity contribution in [2.24, 2.45) is 0 Å². The number of unbranched alkanes of at least 4 members (excludes halogenated alkanes) is 1. The topological polar surface area (TPSA) is 59.6 Å². The highest BCUT2D eigenvalue weighted by atomic mass is 16.5. The summed E-state index contributed by atoms with van der Waals surface area (Å²) < 4.78 is 10.4. The molecule has 1 aromatic carbocycles. The second-order valence-electron chi connectivity index (χ2n) is 4.08. The molecule has 0 fully saturated rings. The van der Waals surface area contributed by atoms with E-state index in [1.807, 2.05) is 12.1 Å². The first-order valence-corrected chi connectivity index (χ1v) is 6.53. The number of rotatable bonds is 8. The summed E-state index contributed by atoms with van der Waals surface area (Å²) in [6.07, 6.45) is 2.17. The van der Waals surface area contributed by atoms with Gasteiger partial charge in [-0.3, -0.25) is 0 Å². The monoisotopic (exact) mass is 266 g/mol. The molecular formula is C14H22N2O3. The Morgan fingerprint density at radius 1 is 1.32 bits per heavy atom. The third-order valence-electron chi connectivity index (χ3n) is 2.50. The predicted octanol–water partition coefficient (Wildman–Crippen LogP) is 2.63. The minimum atomic E-state index is -0.243. The van der Waals surface area contributed by atoms with Crippen LogP contribution in [0.2, 0.25) is 0 Å². The lowest BCUT2D eigenvalue weighted by Gasteiger charge is -2.09. The molecule has 0 saturated carbocycles. The molecule has 2 amide bonds. The van der Waals surface area contributed by atoms with Crippen molar-refractivity contribution < 1.29 is 14.3 Å². The van der Waals surface area contributed by atoms with Gasteiger partial charge in [0.2, 0.25) is 0 Å². The fourth-order valence-corrected chi connectivity index (χ4v) is 1.46. The molecule has 5 nitrogen and oxygen atoms in total. The number of methoxy groups -OCH3 is 1. The lowest BCUT2D eigenvalue weighted by atomic mass is 10.3. The van der Waals surface area contributed by atoms with E-state index in [0.717, 1.165) is 19.4 Å². The maximum Gasteiger partial charge on any atom is 0.319 e. The van der Waals surface area contributed by atoms with Gasteiger partial charge in [0.15, 0.2) is 0 Å². The maximum absolute atomic E-state index is 11.6. The first-order valence-electron chi connectivity index (χ1n) is 6.53. The molecule has 0 aliphatic rings. The van der Waals surface area contributed by atoms with Gasteiger partial charge in [0.1, 0.15) is 5.75 Å². The van der Waals surface area contributed by atoms with E-state index in [9.17, 15) is 4.79 Å². The van der Waals surface area contributed by atoms with E-state index in [0.29, 0.717) is 24.6 Å². The summed E-state index contributed by atoms with van der Waals surface area (Å²) in [5, 5.41) is 5.46. The number of carbonyl (C=O) groups excluding carboxylic acids is 1. The van der Waals surface area contributed by atoms with Crippen molar-refractivity contribution >= 4 is 11.7 Å². The molecule has 0 spiro atoms. The Balaban J connectivity index is 2.19. The molecule has 19 heavy (non-hydrogen) atoms. The highest BCUT2D eigenvalue weighted by Gasteiger charge is 2.01. The second kappa shape index (κ2) is 9.22. The van der Waals surface area contributed by atoms with Crippen molar-refractivity contribution in [3.05, 3.63) is 24.3 Å². The van der Waals surface area contributed by atoms with Gasteiger partial charge >= 0.3 is 6.03 Å². The number of carbonyl (C=O) groups is 1. The van der Waals surface area contributed by atoms with Crippen LogP contribution in [-0.4, -0.2) is 32.9 Å². The van der Waals surface area contributed by atoms with Crippen molar-refractivity contribution in [3.63, 3.8) is 0 Å². The molecule has 106 valence electrons. The fourth-order valence-electron chi connectivity index (χ4n) is 1.46. The second-order valence-corrected chi connectivity index (χ2v) is 4.08. The fraction of sp³-hybridized carbons (Fsp3) is 0.500. The van der Waals surface area contributed by atoms with E-state index < -0.39 is 0 Å². The van der Waals surface area contributed by atoms with Gasteiger partial charge in [0, 0.05) is 24.9 Å². The van der Waals surface area contributed by atoms with Crippen LogP contribution in [0.4, 0.5) is 10.5 Å². The van der Waals surface area contributed by atoms with Crippen LogP contribution in [0, 0.1) is 0 Å². The number of hydrogen-bond donors (Lipinski definition) is 2. The number of nitrogens with one attached hydrogen (secondary N) is 2. The Kier molecular flexibility index (Phi) is 7.43. The number of ether oxygens (including phenoxy) is 2. The van der Waals surface area contributed by atoms with Gasteiger partial charge in [-0.1, -0.05) is 19.4 Å². The minimum Gasteiger partial charge on any atom is -0.497 e. The van der Waals surface area contributed by atoms with Crippen molar-refractivity contribution in [2.75, 3.05) is 32.2 Å². The summed E-state index contributed by atoms with van der Waals surface area (Å²) in [5.74, 6) is 0.709. The Labute approximate surface area is 114 Å². The highest BCUT2D eigenvalue weighted by molar-refractivity contribution is 5.89. The van der Waals surface area contributed by atoms with E-state index >= 15 is 0 Å². The Morgan fingerprint density at radius 3 is 2.89 bits per heavy atom. The summed E-state index contributed by atoms with van der Waals surface area (Å²) >= 11 is 0. The third-order valence-corrected chi connectivity index (χ3v) is 2.50. The molecule has 0 unspecified atom stereocenters. The van der Waals surface area contributed by atoms with Gasteiger partial charge in [-0.15, -0.1) is 0 Å². The number of hydrogen-bond acceptors (Lipinski definition) is 3. The quantitative estimate of drug-likeness (QED) is 0.711. The number of anilines is 1. The summed E-state index contributed by atoms with van der Waals surface area (Å²) in [7, 11) is 1.59. The first-order chi connectivity index (χ1) is 9.26. The van der Waals surface area contributed by atoms with Crippen molar-refractivity contribution in [1.82, 2.24) is 5.32 Å². The molecule has 0 aliphatic heterocycles. The van der Waals surface area contributed by atoms with E-state index in [1.54, 1.807) is 19.2 Å². The predicted molar refractivity (Wildman–Crippen MR) is 75.7 cm³/mol. The Hall–Kier alpha value is -1.75. The summed E-state index contributed by atoms with van der Waals surface area (Å²) in [5.41, 5.74) is 0.698. The molecule has 0 atom stereocenters. The minimum absolute atomic E-state index is 0.243. The summed E-state index contributed by atoms with van der Waals surface area (Å²) in [4.78, 5) is 11.6. The first kappa shape index (κ1) is 15.3. The molecule has 0 heterocycles. The van der Waals surface area contributed by atoms with Crippen molar-refractivity contribution in [2.45, 2.75) is 19.8 Å². The van der Waals surface area contributed by atoms with Gasteiger partial charge in [-0.05, 0) is 18.6 Å². The number of benzene rings is 1.